The van der Waals surface area contributed by atoms with E-state index >= 15 is 0 Å². The van der Waals surface area contributed by atoms with Crippen LogP contribution in [0.25, 0.3) is 0 Å². The molecule has 0 saturated carbocycles. The molecule has 2 N–H and O–H groups in total. The van der Waals surface area contributed by atoms with Crippen LogP contribution in [0.4, 0.5) is 0 Å². The largest absolute Gasteiger partial charge is 0.353 e. The molecule has 1 aliphatic heterocycles. The first-order valence-corrected chi connectivity index (χ1v) is 9.38. The highest BCUT2D eigenvalue weighted by atomic mass is 16.2. The van der Waals surface area contributed by atoms with Crippen molar-refractivity contribution in [2.75, 3.05) is 45.8 Å². The van der Waals surface area contributed by atoms with Crippen LogP contribution < -0.4 is 10.6 Å². The van der Waals surface area contributed by atoms with Crippen LogP contribution in [0.5, 0.6) is 0 Å². The Morgan fingerprint density at radius 3 is 2.19 bits per heavy atom. The van der Waals surface area contributed by atoms with Gasteiger partial charge in [-0.3, -0.25) is 19.4 Å². The Morgan fingerprint density at radius 1 is 0.962 bits per heavy atom. The van der Waals surface area contributed by atoms with E-state index in [0.29, 0.717) is 6.54 Å². The maximum Gasteiger partial charge on any atom is 0.239 e. The van der Waals surface area contributed by atoms with E-state index in [4.69, 9.17) is 0 Å². The van der Waals surface area contributed by atoms with Crippen molar-refractivity contribution >= 4 is 11.8 Å². The molecule has 1 fully saturated rings. The molecule has 6 nitrogen and oxygen atoms in total. The SMILES string of the molecule is CC(C)(C)C(=O)NCC(=O)NCCN1CCN(Cc2ccccc2)CC1. The maximum atomic E-state index is 11.8. The van der Waals surface area contributed by atoms with E-state index in [1.54, 1.807) is 0 Å². The van der Waals surface area contributed by atoms with Crippen molar-refractivity contribution in [3.63, 3.8) is 0 Å². The number of hydrogen-bond donors (Lipinski definition) is 2. The summed E-state index contributed by atoms with van der Waals surface area (Å²) in [5, 5.41) is 5.55. The van der Waals surface area contributed by atoms with Crippen molar-refractivity contribution in [3.05, 3.63) is 35.9 Å². The van der Waals surface area contributed by atoms with Gasteiger partial charge in [0.2, 0.25) is 11.8 Å². The second-order valence-corrected chi connectivity index (χ2v) is 7.89. The topological polar surface area (TPSA) is 64.7 Å². The number of hydrogen-bond acceptors (Lipinski definition) is 4. The molecule has 0 radical (unpaired) electrons. The molecule has 0 spiro atoms. The van der Waals surface area contributed by atoms with Gasteiger partial charge >= 0.3 is 0 Å². The molecule has 0 unspecified atom stereocenters. The van der Waals surface area contributed by atoms with Gasteiger partial charge < -0.3 is 10.6 Å². The molecule has 144 valence electrons. The number of nitrogens with zero attached hydrogens (tertiary/aromatic N) is 2. The number of carbonyl (C=O) groups excluding carboxylic acids is 2. The van der Waals surface area contributed by atoms with Gasteiger partial charge in [0.15, 0.2) is 0 Å². The van der Waals surface area contributed by atoms with Crippen molar-refractivity contribution in [3.8, 4) is 0 Å². The van der Waals surface area contributed by atoms with E-state index in [1.807, 2.05) is 26.8 Å². The molecule has 0 atom stereocenters. The second kappa shape index (κ2) is 9.69. The molecule has 0 aromatic heterocycles. The zero-order valence-electron chi connectivity index (χ0n) is 16.3. The molecule has 1 heterocycles. The van der Waals surface area contributed by atoms with Crippen molar-refractivity contribution in [1.29, 1.82) is 0 Å². The van der Waals surface area contributed by atoms with Crippen molar-refractivity contribution in [2.24, 2.45) is 5.41 Å². The average molecular weight is 361 g/mol. The van der Waals surface area contributed by atoms with E-state index in [-0.39, 0.29) is 18.4 Å². The standard InChI is InChI=1S/C20H32N4O2/c1-20(2,3)19(26)22-15-18(25)21-9-10-23-11-13-24(14-12-23)16-17-7-5-4-6-8-17/h4-8H,9-16H2,1-3H3,(H,21,25)(H,22,26). The van der Waals surface area contributed by atoms with Crippen molar-refractivity contribution in [1.82, 2.24) is 20.4 Å². The minimum Gasteiger partial charge on any atom is -0.353 e. The van der Waals surface area contributed by atoms with Crippen LogP contribution >= 0.6 is 0 Å². The summed E-state index contributed by atoms with van der Waals surface area (Å²) in [6, 6.07) is 10.5. The highest BCUT2D eigenvalue weighted by molar-refractivity contribution is 5.87. The fourth-order valence-electron chi connectivity index (χ4n) is 2.85. The third-order valence-corrected chi connectivity index (χ3v) is 4.55. The molecule has 0 bridgehead atoms. The molecule has 26 heavy (non-hydrogen) atoms. The van der Waals surface area contributed by atoms with Gasteiger partial charge in [-0.1, -0.05) is 51.1 Å². The summed E-state index contributed by atoms with van der Waals surface area (Å²) in [6.07, 6.45) is 0. The molecular formula is C20H32N4O2. The van der Waals surface area contributed by atoms with Crippen molar-refractivity contribution < 1.29 is 9.59 Å². The maximum absolute atomic E-state index is 11.8. The molecule has 2 amide bonds. The summed E-state index contributed by atoms with van der Waals surface area (Å²) in [4.78, 5) is 28.4. The number of rotatable bonds is 7. The lowest BCUT2D eigenvalue weighted by Crippen LogP contribution is -2.48. The minimum atomic E-state index is -0.473. The van der Waals surface area contributed by atoms with Gasteiger partial charge in [-0.15, -0.1) is 0 Å². The van der Waals surface area contributed by atoms with Crippen LogP contribution in [0.1, 0.15) is 26.3 Å². The Labute approximate surface area is 156 Å². The van der Waals surface area contributed by atoms with Gasteiger partial charge in [-0.25, -0.2) is 0 Å². The molecule has 1 aromatic carbocycles. The quantitative estimate of drug-likeness (QED) is 0.764. The Morgan fingerprint density at radius 2 is 1.58 bits per heavy atom. The fourth-order valence-corrected chi connectivity index (χ4v) is 2.85. The Bertz CT molecular complexity index is 575. The zero-order chi connectivity index (χ0) is 19.0. The van der Waals surface area contributed by atoms with Crippen LogP contribution in [0.3, 0.4) is 0 Å². The van der Waals surface area contributed by atoms with E-state index in [2.05, 4.69) is 44.7 Å². The van der Waals surface area contributed by atoms with Gasteiger partial charge in [0.25, 0.3) is 0 Å². The summed E-state index contributed by atoms with van der Waals surface area (Å²) in [5.41, 5.74) is 0.880. The third-order valence-electron chi connectivity index (χ3n) is 4.55. The molecule has 1 aliphatic rings. The Hall–Kier alpha value is -1.92. The number of nitrogens with one attached hydrogen (secondary N) is 2. The normalized spacial score (nSPS) is 16.3. The highest BCUT2D eigenvalue weighted by Gasteiger charge is 2.21. The van der Waals surface area contributed by atoms with Crippen LogP contribution in [-0.4, -0.2) is 67.4 Å². The molecule has 6 heteroatoms. The van der Waals surface area contributed by atoms with Gasteiger partial charge in [0, 0.05) is 51.2 Å². The number of amides is 2. The van der Waals surface area contributed by atoms with Gasteiger partial charge in [0.05, 0.1) is 6.54 Å². The van der Waals surface area contributed by atoms with Crippen molar-refractivity contribution in [2.45, 2.75) is 27.3 Å². The Kier molecular flexibility index (Phi) is 7.60. The molecule has 1 aromatic rings. The molecule has 0 aliphatic carbocycles. The summed E-state index contributed by atoms with van der Waals surface area (Å²) in [5.74, 6) is -0.243. The lowest BCUT2D eigenvalue weighted by Gasteiger charge is -2.34. The van der Waals surface area contributed by atoms with Crippen LogP contribution in [-0.2, 0) is 16.1 Å². The molecule has 1 saturated heterocycles. The lowest BCUT2D eigenvalue weighted by atomic mass is 9.96. The molecular weight excluding hydrogens is 328 g/mol. The van der Waals surface area contributed by atoms with Crippen LogP contribution in [0, 0.1) is 5.41 Å². The first kappa shape index (κ1) is 20.4. The third kappa shape index (κ3) is 7.14. The van der Waals surface area contributed by atoms with Gasteiger partial charge in [-0.05, 0) is 5.56 Å². The average Bonchev–Trinajstić information content (AvgIpc) is 2.61. The lowest BCUT2D eigenvalue weighted by molar-refractivity contribution is -0.131. The molecule has 2 rings (SSSR count). The smallest absolute Gasteiger partial charge is 0.239 e. The van der Waals surface area contributed by atoms with E-state index in [0.717, 1.165) is 39.3 Å². The van der Waals surface area contributed by atoms with Gasteiger partial charge in [-0.2, -0.15) is 0 Å². The minimum absolute atomic E-state index is 0.0426. The number of benzene rings is 1. The van der Waals surface area contributed by atoms with E-state index < -0.39 is 5.41 Å². The zero-order valence-corrected chi connectivity index (χ0v) is 16.3. The van der Waals surface area contributed by atoms with E-state index in [1.165, 1.54) is 5.56 Å². The predicted octanol–water partition coefficient (Wildman–Crippen LogP) is 1.08. The number of carbonyl (C=O) groups is 2. The predicted molar refractivity (Wildman–Crippen MR) is 104 cm³/mol. The highest BCUT2D eigenvalue weighted by Crippen LogP contribution is 2.12. The van der Waals surface area contributed by atoms with Crippen LogP contribution in [0.15, 0.2) is 30.3 Å². The monoisotopic (exact) mass is 360 g/mol. The first-order chi connectivity index (χ1) is 12.3. The first-order valence-electron chi connectivity index (χ1n) is 9.38. The summed E-state index contributed by atoms with van der Waals surface area (Å²) in [6.45, 7) is 12.1. The fraction of sp³-hybridized carbons (Fsp3) is 0.600. The number of piperazine rings is 1. The van der Waals surface area contributed by atoms with Crippen LogP contribution in [0.2, 0.25) is 0 Å². The second-order valence-electron chi connectivity index (χ2n) is 7.89. The van der Waals surface area contributed by atoms with Gasteiger partial charge in [0.1, 0.15) is 0 Å². The summed E-state index contributed by atoms with van der Waals surface area (Å²) in [7, 11) is 0. The Balaban J connectivity index is 1.57. The summed E-state index contributed by atoms with van der Waals surface area (Å²) < 4.78 is 0. The van der Waals surface area contributed by atoms with E-state index in [9.17, 15) is 9.59 Å². The summed E-state index contributed by atoms with van der Waals surface area (Å²) >= 11 is 0.